The third kappa shape index (κ3) is 5.09. The lowest BCUT2D eigenvalue weighted by Crippen LogP contribution is -2.43. The van der Waals surface area contributed by atoms with E-state index in [0.29, 0.717) is 25.6 Å². The van der Waals surface area contributed by atoms with Crippen molar-refractivity contribution in [2.24, 2.45) is 11.3 Å². The van der Waals surface area contributed by atoms with E-state index in [1.165, 1.54) is 6.26 Å². The van der Waals surface area contributed by atoms with Gasteiger partial charge in [-0.25, -0.2) is 13.4 Å². The summed E-state index contributed by atoms with van der Waals surface area (Å²) >= 11 is 0. The number of likely N-dealkylation sites (tertiary alicyclic amines) is 1. The van der Waals surface area contributed by atoms with Crippen LogP contribution in [-0.4, -0.2) is 57.0 Å². The molecule has 2 fully saturated rings. The van der Waals surface area contributed by atoms with E-state index in [2.05, 4.69) is 4.98 Å². The van der Waals surface area contributed by atoms with E-state index in [0.717, 1.165) is 24.0 Å². The number of alkyl halides is 3. The highest BCUT2D eigenvalue weighted by atomic mass is 32.2. The van der Waals surface area contributed by atoms with Gasteiger partial charge < -0.3 is 9.64 Å². The van der Waals surface area contributed by atoms with Crippen LogP contribution in [0.5, 0.6) is 5.88 Å². The Bertz CT molecular complexity index is 1040. The van der Waals surface area contributed by atoms with Crippen LogP contribution < -0.4 is 4.74 Å². The molecule has 1 aromatic heterocycles. The van der Waals surface area contributed by atoms with Gasteiger partial charge in [0.25, 0.3) is 0 Å². The monoisotopic (exact) mass is 468 g/mol. The molecule has 0 atom stereocenters. The molecule has 2 aromatic rings. The van der Waals surface area contributed by atoms with Gasteiger partial charge in [0, 0.05) is 24.6 Å². The number of rotatable bonds is 7. The van der Waals surface area contributed by atoms with Crippen molar-refractivity contribution in [3.05, 3.63) is 42.6 Å². The highest BCUT2D eigenvalue weighted by Gasteiger charge is 2.63. The Morgan fingerprint density at radius 3 is 2.34 bits per heavy atom. The number of benzene rings is 1. The molecule has 1 aromatic carbocycles. The molecule has 0 N–H and O–H groups in total. The molecule has 1 aliphatic heterocycles. The number of halogens is 3. The molecule has 9 heteroatoms. The van der Waals surface area contributed by atoms with Crippen molar-refractivity contribution >= 4 is 9.84 Å². The lowest BCUT2D eigenvalue weighted by molar-refractivity contribution is -0.192. The summed E-state index contributed by atoms with van der Waals surface area (Å²) in [5.41, 5.74) is 0.0920. The van der Waals surface area contributed by atoms with Gasteiger partial charge in [-0.1, -0.05) is 12.1 Å². The highest BCUT2D eigenvalue weighted by Crippen LogP contribution is 2.58. The van der Waals surface area contributed by atoms with Gasteiger partial charge in [0.2, 0.25) is 5.88 Å². The summed E-state index contributed by atoms with van der Waals surface area (Å²) in [6, 6.07) is 10.2. The Morgan fingerprint density at radius 2 is 1.78 bits per heavy atom. The van der Waals surface area contributed by atoms with Gasteiger partial charge in [-0.15, -0.1) is 0 Å². The van der Waals surface area contributed by atoms with E-state index in [1.54, 1.807) is 36.5 Å². The number of hydrogen-bond acceptors (Lipinski definition) is 5. The summed E-state index contributed by atoms with van der Waals surface area (Å²) < 4.78 is 69.0. The average molecular weight is 469 g/mol. The first-order valence-corrected chi connectivity index (χ1v) is 12.6. The number of piperidine rings is 1. The van der Waals surface area contributed by atoms with Crippen molar-refractivity contribution in [3.8, 4) is 17.0 Å². The normalized spacial score (nSPS) is 19.6. The predicted octanol–water partition coefficient (Wildman–Crippen LogP) is 4.59. The summed E-state index contributed by atoms with van der Waals surface area (Å²) in [4.78, 5) is 6.52. The molecule has 0 bridgehead atoms. The Balaban J connectivity index is 1.34. The molecule has 0 unspecified atom stereocenters. The Kier molecular flexibility index (Phi) is 6.24. The largest absolute Gasteiger partial charge is 0.477 e. The zero-order chi connectivity index (χ0) is 23.0. The zero-order valence-electron chi connectivity index (χ0n) is 17.9. The molecule has 1 aliphatic carbocycles. The average Bonchev–Trinajstić information content (AvgIpc) is 3.54. The summed E-state index contributed by atoms with van der Waals surface area (Å²) in [6.45, 7) is 1.85. The van der Waals surface area contributed by atoms with Crippen LogP contribution in [0, 0.1) is 11.3 Å². The minimum atomic E-state index is -4.11. The van der Waals surface area contributed by atoms with Crippen LogP contribution >= 0.6 is 0 Å². The first-order valence-electron chi connectivity index (χ1n) is 10.7. The fourth-order valence-corrected chi connectivity index (χ4v) is 4.86. The molecule has 0 amide bonds. The van der Waals surface area contributed by atoms with Crippen molar-refractivity contribution in [2.45, 2.75) is 36.8 Å². The summed E-state index contributed by atoms with van der Waals surface area (Å²) in [5, 5.41) is 0. The van der Waals surface area contributed by atoms with Gasteiger partial charge in [-0.2, -0.15) is 13.2 Å². The fourth-order valence-electron chi connectivity index (χ4n) is 4.23. The molecule has 4 rings (SSSR count). The molecular formula is C23H27F3N2O3S. The summed E-state index contributed by atoms with van der Waals surface area (Å²) in [5.74, 6) is 0.728. The molecule has 1 saturated carbocycles. The number of hydrogen-bond donors (Lipinski definition) is 0. The molecule has 5 nitrogen and oxygen atoms in total. The van der Waals surface area contributed by atoms with E-state index in [-0.39, 0.29) is 30.2 Å². The molecule has 2 aliphatic rings. The van der Waals surface area contributed by atoms with Crippen LogP contribution in [0.15, 0.2) is 47.5 Å². The van der Waals surface area contributed by atoms with Crippen molar-refractivity contribution in [3.63, 3.8) is 0 Å². The number of nitrogens with zero attached hydrogens (tertiary/aromatic N) is 2. The topological polar surface area (TPSA) is 59.5 Å². The minimum Gasteiger partial charge on any atom is -0.477 e. The van der Waals surface area contributed by atoms with Crippen molar-refractivity contribution < 1.29 is 26.3 Å². The lowest BCUT2D eigenvalue weighted by atomic mass is 9.96. The van der Waals surface area contributed by atoms with Crippen LogP contribution in [0.2, 0.25) is 0 Å². The summed E-state index contributed by atoms with van der Waals surface area (Å²) in [7, 11) is -3.27. The minimum absolute atomic E-state index is 0.109. The highest BCUT2D eigenvalue weighted by molar-refractivity contribution is 7.90. The standard InChI is InChI=1S/C23H27F3N2O3S/c1-32(29,30)19-6-4-18(5-7-19)20-3-2-12-27-21(20)31-15-17-8-13-28(14-9-17)16-22(10-11-22)23(24,25)26/h2-7,12,17H,8-11,13-16H2,1H3. The molecule has 2 heterocycles. The molecule has 32 heavy (non-hydrogen) atoms. The maximum Gasteiger partial charge on any atom is 0.395 e. The van der Waals surface area contributed by atoms with E-state index in [9.17, 15) is 21.6 Å². The van der Waals surface area contributed by atoms with Crippen LogP contribution in [-0.2, 0) is 9.84 Å². The van der Waals surface area contributed by atoms with Gasteiger partial charge in [-0.3, -0.25) is 0 Å². The second-order valence-corrected chi connectivity index (χ2v) is 11.0. The summed E-state index contributed by atoms with van der Waals surface area (Å²) in [6.07, 6.45) is 0.762. The van der Waals surface area contributed by atoms with E-state index in [1.807, 2.05) is 11.0 Å². The maximum absolute atomic E-state index is 13.2. The van der Waals surface area contributed by atoms with Crippen molar-refractivity contribution in [1.82, 2.24) is 9.88 Å². The molecule has 0 radical (unpaired) electrons. The van der Waals surface area contributed by atoms with Crippen LogP contribution in [0.25, 0.3) is 11.1 Å². The van der Waals surface area contributed by atoms with E-state index in [4.69, 9.17) is 4.74 Å². The van der Waals surface area contributed by atoms with Gasteiger partial charge in [0.1, 0.15) is 0 Å². The number of pyridine rings is 1. The zero-order valence-corrected chi connectivity index (χ0v) is 18.8. The van der Waals surface area contributed by atoms with Gasteiger partial charge >= 0.3 is 6.18 Å². The molecule has 174 valence electrons. The smallest absolute Gasteiger partial charge is 0.395 e. The van der Waals surface area contributed by atoms with Gasteiger partial charge in [0.05, 0.1) is 16.9 Å². The maximum atomic E-state index is 13.2. The first kappa shape index (κ1) is 23.0. The quantitative estimate of drug-likeness (QED) is 0.595. The van der Waals surface area contributed by atoms with Crippen molar-refractivity contribution in [2.75, 3.05) is 32.5 Å². The second kappa shape index (κ2) is 8.67. The van der Waals surface area contributed by atoms with E-state index < -0.39 is 21.4 Å². The van der Waals surface area contributed by atoms with Crippen LogP contribution in [0.3, 0.4) is 0 Å². The SMILES string of the molecule is CS(=O)(=O)c1ccc(-c2cccnc2OCC2CCN(CC3(C(F)(F)F)CC3)CC2)cc1. The van der Waals surface area contributed by atoms with Crippen molar-refractivity contribution in [1.29, 1.82) is 0 Å². The van der Waals surface area contributed by atoms with Crippen LogP contribution in [0.4, 0.5) is 13.2 Å². The van der Waals surface area contributed by atoms with Crippen LogP contribution in [0.1, 0.15) is 25.7 Å². The second-order valence-electron chi connectivity index (χ2n) is 8.96. The lowest BCUT2D eigenvalue weighted by Gasteiger charge is -2.34. The van der Waals surface area contributed by atoms with E-state index >= 15 is 0 Å². The first-order chi connectivity index (χ1) is 15.1. The Morgan fingerprint density at radius 1 is 1.12 bits per heavy atom. The number of ether oxygens (including phenoxy) is 1. The molecule has 0 spiro atoms. The van der Waals surface area contributed by atoms with Gasteiger partial charge in [0.15, 0.2) is 9.84 Å². The predicted molar refractivity (Wildman–Crippen MR) is 115 cm³/mol. The number of sulfone groups is 1. The number of aromatic nitrogens is 1. The van der Waals surface area contributed by atoms with Gasteiger partial charge in [-0.05, 0) is 74.5 Å². The third-order valence-corrected chi connectivity index (χ3v) is 7.64. The Hall–Kier alpha value is -2.13. The fraction of sp³-hybridized carbons (Fsp3) is 0.522. The molecular weight excluding hydrogens is 441 g/mol. The third-order valence-electron chi connectivity index (χ3n) is 6.51. The Labute approximate surface area is 186 Å². The molecule has 1 saturated heterocycles.